The molecule has 1 aromatic rings. The Morgan fingerprint density at radius 2 is 2.42 bits per heavy atom. The Hall–Kier alpha value is -0.710. The number of rotatable bonds is 1. The lowest BCUT2D eigenvalue weighted by atomic mass is 10.1. The highest BCUT2D eigenvalue weighted by Gasteiger charge is 2.23. The van der Waals surface area contributed by atoms with E-state index in [1.807, 2.05) is 16.6 Å². The minimum absolute atomic E-state index is 0.387. The van der Waals surface area contributed by atoms with Gasteiger partial charge < -0.3 is 0 Å². The third kappa shape index (κ3) is 1.41. The van der Waals surface area contributed by atoms with Crippen molar-refractivity contribution in [1.82, 2.24) is 4.42 Å². The Morgan fingerprint density at radius 3 is 3.00 bits per heavy atom. The molecule has 2 heteroatoms. The Bertz CT molecular complexity index is 247. The second kappa shape index (κ2) is 3.35. The second-order valence-corrected chi connectivity index (χ2v) is 3.48. The Kier molecular flexibility index (Phi) is 2.21. The van der Waals surface area contributed by atoms with E-state index in [0.717, 1.165) is 13.0 Å². The molecule has 1 fully saturated rings. The SMILES string of the molecule is ClN1CCC[C@H]1c1cc#ccc1. The van der Waals surface area contributed by atoms with E-state index in [9.17, 15) is 0 Å². The van der Waals surface area contributed by atoms with E-state index in [1.54, 1.807) is 0 Å². The van der Waals surface area contributed by atoms with Crippen LogP contribution in [0.2, 0.25) is 0 Å². The van der Waals surface area contributed by atoms with Crippen LogP contribution in [-0.4, -0.2) is 11.0 Å². The molecule has 0 N–H and O–H groups in total. The molecule has 12 heavy (non-hydrogen) atoms. The Morgan fingerprint density at radius 1 is 1.50 bits per heavy atom. The van der Waals surface area contributed by atoms with Gasteiger partial charge in [-0.1, -0.05) is 12.1 Å². The molecule has 1 aliphatic rings. The normalized spacial score (nSPS) is 23.9. The van der Waals surface area contributed by atoms with E-state index in [0.29, 0.717) is 6.04 Å². The minimum atomic E-state index is 0.387. The van der Waals surface area contributed by atoms with Crippen LogP contribution in [0.15, 0.2) is 18.2 Å². The molecule has 0 bridgehead atoms. The standard InChI is InChI=1S/C10H10ClN/c11-12-8-4-7-10(12)9-5-2-1-3-6-9/h2,5-6,10H,4,7-8H2/t10-/m0/s1. The lowest BCUT2D eigenvalue weighted by Crippen LogP contribution is -2.10. The predicted molar refractivity (Wildman–Crippen MR) is 48.6 cm³/mol. The summed E-state index contributed by atoms with van der Waals surface area (Å²) >= 11 is 6.02. The van der Waals surface area contributed by atoms with Crippen molar-refractivity contribution < 1.29 is 0 Å². The van der Waals surface area contributed by atoms with Crippen molar-refractivity contribution in [3.05, 3.63) is 35.9 Å². The van der Waals surface area contributed by atoms with Crippen molar-refractivity contribution >= 4 is 11.8 Å². The van der Waals surface area contributed by atoms with Gasteiger partial charge in [-0.3, -0.25) is 0 Å². The maximum absolute atomic E-state index is 6.02. The van der Waals surface area contributed by atoms with Gasteiger partial charge in [0.05, 0.1) is 6.04 Å². The molecule has 0 aliphatic carbocycles. The highest BCUT2D eigenvalue weighted by Crippen LogP contribution is 2.32. The number of hydrogen-bond acceptors (Lipinski definition) is 1. The van der Waals surface area contributed by atoms with E-state index >= 15 is 0 Å². The fourth-order valence-corrected chi connectivity index (χ4v) is 1.96. The highest BCUT2D eigenvalue weighted by atomic mass is 35.5. The zero-order chi connectivity index (χ0) is 8.39. The molecule has 0 unspecified atom stereocenters. The zero-order valence-electron chi connectivity index (χ0n) is 6.76. The molecule has 1 aliphatic heterocycles. The lowest BCUT2D eigenvalue weighted by molar-refractivity contribution is 0.436. The fourth-order valence-electron chi connectivity index (χ4n) is 1.63. The molecule has 2 rings (SSSR count). The first kappa shape index (κ1) is 7.91. The van der Waals surface area contributed by atoms with Crippen molar-refractivity contribution in [3.63, 3.8) is 0 Å². The lowest BCUT2D eigenvalue weighted by Gasteiger charge is -2.15. The first-order valence-corrected chi connectivity index (χ1v) is 4.52. The van der Waals surface area contributed by atoms with Crippen LogP contribution in [0, 0.1) is 12.1 Å². The van der Waals surface area contributed by atoms with Crippen molar-refractivity contribution in [3.8, 4) is 0 Å². The minimum Gasteiger partial charge on any atom is -0.213 e. The van der Waals surface area contributed by atoms with E-state index in [4.69, 9.17) is 11.8 Å². The van der Waals surface area contributed by atoms with Gasteiger partial charge in [0.25, 0.3) is 0 Å². The molecule has 0 aromatic heterocycles. The largest absolute Gasteiger partial charge is 0.213 e. The maximum atomic E-state index is 6.02. The Labute approximate surface area is 78.1 Å². The first-order chi connectivity index (χ1) is 5.88. The molecular weight excluding hydrogens is 170 g/mol. The molecule has 1 nitrogen and oxygen atoms in total. The molecule has 0 spiro atoms. The van der Waals surface area contributed by atoms with E-state index < -0.39 is 0 Å². The molecule has 0 radical (unpaired) electrons. The van der Waals surface area contributed by atoms with Crippen LogP contribution in [0.25, 0.3) is 0 Å². The summed E-state index contributed by atoms with van der Waals surface area (Å²) in [7, 11) is 0. The molecule has 1 aromatic carbocycles. The predicted octanol–water partition coefficient (Wildman–Crippen LogP) is 2.58. The van der Waals surface area contributed by atoms with Gasteiger partial charge in [0.15, 0.2) is 0 Å². The number of hydrogen-bond donors (Lipinski definition) is 0. The van der Waals surface area contributed by atoms with Crippen molar-refractivity contribution in [2.24, 2.45) is 0 Å². The molecular formula is C10H10ClN. The van der Waals surface area contributed by atoms with Crippen LogP contribution in [0.5, 0.6) is 0 Å². The van der Waals surface area contributed by atoms with Crippen LogP contribution >= 0.6 is 11.8 Å². The van der Waals surface area contributed by atoms with Crippen LogP contribution in [0.4, 0.5) is 0 Å². The fraction of sp³-hybridized carbons (Fsp3) is 0.400. The Balaban J connectivity index is 2.19. The van der Waals surface area contributed by atoms with E-state index in [1.165, 1.54) is 12.0 Å². The van der Waals surface area contributed by atoms with Gasteiger partial charge >= 0.3 is 0 Å². The molecule has 1 atom stereocenters. The molecule has 0 saturated carbocycles. The average molecular weight is 180 g/mol. The molecule has 0 amide bonds. The quantitative estimate of drug-likeness (QED) is 0.599. The summed E-state index contributed by atoms with van der Waals surface area (Å²) in [6.45, 7) is 0.991. The summed E-state index contributed by atoms with van der Waals surface area (Å²) in [5, 5.41) is 0. The summed E-state index contributed by atoms with van der Waals surface area (Å²) in [4.78, 5) is 0. The third-order valence-corrected chi connectivity index (χ3v) is 2.66. The molecule has 1 saturated heterocycles. The summed E-state index contributed by atoms with van der Waals surface area (Å²) in [6.07, 6.45) is 2.34. The van der Waals surface area contributed by atoms with Crippen LogP contribution in [-0.2, 0) is 0 Å². The second-order valence-electron chi connectivity index (χ2n) is 3.05. The molecule has 1 heterocycles. The molecule has 62 valence electrons. The summed E-state index contributed by atoms with van der Waals surface area (Å²) < 4.78 is 1.88. The van der Waals surface area contributed by atoms with Crippen LogP contribution in [0.3, 0.4) is 0 Å². The first-order valence-electron chi connectivity index (χ1n) is 4.18. The van der Waals surface area contributed by atoms with Gasteiger partial charge in [0.1, 0.15) is 0 Å². The van der Waals surface area contributed by atoms with Gasteiger partial charge in [0.2, 0.25) is 0 Å². The van der Waals surface area contributed by atoms with Gasteiger partial charge in [0, 0.05) is 6.54 Å². The maximum Gasteiger partial charge on any atom is 0.0508 e. The summed E-state index contributed by atoms with van der Waals surface area (Å²) in [5.41, 5.74) is 1.25. The van der Waals surface area contributed by atoms with Gasteiger partial charge in [-0.2, -0.15) is 0 Å². The summed E-state index contributed by atoms with van der Waals surface area (Å²) in [6, 6.07) is 12.1. The van der Waals surface area contributed by atoms with Gasteiger partial charge in [-0.05, 0) is 48.4 Å². The monoisotopic (exact) mass is 179 g/mol. The van der Waals surface area contributed by atoms with Crippen LogP contribution < -0.4 is 0 Å². The topological polar surface area (TPSA) is 3.24 Å². The smallest absolute Gasteiger partial charge is 0.0508 e. The van der Waals surface area contributed by atoms with Crippen molar-refractivity contribution in [2.45, 2.75) is 18.9 Å². The highest BCUT2D eigenvalue weighted by molar-refractivity contribution is 6.13. The van der Waals surface area contributed by atoms with E-state index in [2.05, 4.69) is 18.2 Å². The summed E-state index contributed by atoms with van der Waals surface area (Å²) in [5.74, 6) is 0. The average Bonchev–Trinajstić information content (AvgIpc) is 2.53. The van der Waals surface area contributed by atoms with Gasteiger partial charge in [-0.25, -0.2) is 4.42 Å². The van der Waals surface area contributed by atoms with Crippen LogP contribution in [0.1, 0.15) is 24.4 Å². The van der Waals surface area contributed by atoms with E-state index in [-0.39, 0.29) is 0 Å². The van der Waals surface area contributed by atoms with Crippen molar-refractivity contribution in [2.75, 3.05) is 6.54 Å². The third-order valence-electron chi connectivity index (χ3n) is 2.25. The van der Waals surface area contributed by atoms with Gasteiger partial charge in [-0.15, -0.1) is 0 Å². The zero-order valence-corrected chi connectivity index (χ0v) is 7.51. The number of halogens is 1. The van der Waals surface area contributed by atoms with Crippen molar-refractivity contribution in [1.29, 1.82) is 0 Å². The number of nitrogens with zero attached hydrogens (tertiary/aromatic N) is 1.